The highest BCUT2D eigenvalue weighted by Gasteiger charge is 2.24. The molecule has 3 nitrogen and oxygen atoms in total. The minimum Gasteiger partial charge on any atom is -0.354 e. The van der Waals surface area contributed by atoms with Crippen molar-refractivity contribution in [1.29, 1.82) is 0 Å². The largest absolute Gasteiger partial charge is 0.354 e. The molecule has 0 spiro atoms. The number of hydrogen-bond acceptors (Lipinski definition) is 3. The first-order chi connectivity index (χ1) is 8.08. The number of aromatic nitrogens is 1. The maximum atomic E-state index is 13.5. The second-order valence-corrected chi connectivity index (χ2v) is 4.64. The number of nitrogens with two attached hydrogens (primary N) is 1. The number of anilines is 1. The molecule has 94 valence electrons. The molecule has 1 saturated heterocycles. The van der Waals surface area contributed by atoms with Crippen LogP contribution in [0.1, 0.15) is 19.8 Å². The molecule has 0 aromatic carbocycles. The molecule has 0 saturated carbocycles. The van der Waals surface area contributed by atoms with E-state index in [1.165, 1.54) is 0 Å². The van der Waals surface area contributed by atoms with E-state index in [1.807, 2.05) is 11.8 Å². The summed E-state index contributed by atoms with van der Waals surface area (Å²) in [5.41, 5.74) is 5.84. The number of pyridine rings is 1. The molecule has 0 bridgehead atoms. The van der Waals surface area contributed by atoms with Crippen LogP contribution in [0.15, 0.2) is 12.3 Å². The van der Waals surface area contributed by atoms with Crippen molar-refractivity contribution in [1.82, 2.24) is 4.98 Å². The molecule has 1 aliphatic rings. The summed E-state index contributed by atoms with van der Waals surface area (Å²) < 4.78 is 26.3. The van der Waals surface area contributed by atoms with Gasteiger partial charge in [-0.2, -0.15) is 0 Å². The van der Waals surface area contributed by atoms with Gasteiger partial charge in [-0.1, -0.05) is 0 Å². The van der Waals surface area contributed by atoms with Crippen LogP contribution in [-0.4, -0.2) is 24.1 Å². The number of rotatable bonds is 2. The lowest BCUT2D eigenvalue weighted by molar-refractivity contribution is 0.351. The van der Waals surface area contributed by atoms with Crippen LogP contribution in [0.5, 0.6) is 0 Å². The van der Waals surface area contributed by atoms with Gasteiger partial charge in [0.05, 0.1) is 6.20 Å². The molecule has 1 fully saturated rings. The number of piperidine rings is 1. The van der Waals surface area contributed by atoms with Crippen molar-refractivity contribution in [3.05, 3.63) is 23.9 Å². The quantitative estimate of drug-likeness (QED) is 0.860. The van der Waals surface area contributed by atoms with E-state index < -0.39 is 11.6 Å². The lowest BCUT2D eigenvalue weighted by Gasteiger charge is -2.34. The van der Waals surface area contributed by atoms with E-state index in [0.717, 1.165) is 38.2 Å². The summed E-state index contributed by atoms with van der Waals surface area (Å²) in [6.45, 7) is 3.45. The number of nitrogens with zero attached hydrogens (tertiary/aromatic N) is 2. The van der Waals surface area contributed by atoms with Crippen LogP contribution in [0.25, 0.3) is 0 Å². The van der Waals surface area contributed by atoms with Crippen molar-refractivity contribution >= 4 is 5.82 Å². The van der Waals surface area contributed by atoms with Gasteiger partial charge in [0.1, 0.15) is 5.82 Å². The summed E-state index contributed by atoms with van der Waals surface area (Å²) in [7, 11) is 0. The highest BCUT2D eigenvalue weighted by atomic mass is 19.1. The van der Waals surface area contributed by atoms with E-state index in [4.69, 9.17) is 5.73 Å². The molecule has 17 heavy (non-hydrogen) atoms. The summed E-state index contributed by atoms with van der Waals surface area (Å²) in [5.74, 6) is -0.509. The Bertz CT molecular complexity index is 387. The van der Waals surface area contributed by atoms with E-state index in [1.54, 1.807) is 0 Å². The lowest BCUT2D eigenvalue weighted by atomic mass is 9.91. The van der Waals surface area contributed by atoms with Crippen LogP contribution < -0.4 is 10.6 Å². The molecular weight excluding hydrogens is 224 g/mol. The van der Waals surface area contributed by atoms with E-state index in [2.05, 4.69) is 4.98 Å². The van der Waals surface area contributed by atoms with Crippen molar-refractivity contribution in [2.75, 3.05) is 18.0 Å². The van der Waals surface area contributed by atoms with E-state index in [0.29, 0.717) is 5.92 Å². The van der Waals surface area contributed by atoms with Crippen molar-refractivity contribution in [2.24, 2.45) is 11.7 Å². The highest BCUT2D eigenvalue weighted by Crippen LogP contribution is 2.25. The molecule has 1 aromatic rings. The predicted octanol–water partition coefficient (Wildman–Crippen LogP) is 1.92. The molecule has 1 aromatic heterocycles. The minimum atomic E-state index is -0.642. The first-order valence-electron chi connectivity index (χ1n) is 5.89. The first-order valence-corrected chi connectivity index (χ1v) is 5.89. The topological polar surface area (TPSA) is 42.1 Å². The molecule has 0 aliphatic carbocycles. The predicted molar refractivity (Wildman–Crippen MR) is 62.7 cm³/mol. The third-order valence-electron chi connectivity index (χ3n) is 3.37. The Morgan fingerprint density at radius 3 is 2.59 bits per heavy atom. The minimum absolute atomic E-state index is 0.170. The third-order valence-corrected chi connectivity index (χ3v) is 3.37. The third kappa shape index (κ3) is 2.72. The Morgan fingerprint density at radius 1 is 1.41 bits per heavy atom. The molecule has 5 heteroatoms. The van der Waals surface area contributed by atoms with Crippen LogP contribution >= 0.6 is 0 Å². The zero-order chi connectivity index (χ0) is 12.4. The van der Waals surface area contributed by atoms with Gasteiger partial charge in [0.15, 0.2) is 11.6 Å². The molecular formula is C12H17F2N3. The number of hydrogen-bond donors (Lipinski definition) is 1. The average molecular weight is 241 g/mol. The van der Waals surface area contributed by atoms with E-state index >= 15 is 0 Å². The second kappa shape index (κ2) is 4.96. The lowest BCUT2D eigenvalue weighted by Crippen LogP contribution is -2.40. The van der Waals surface area contributed by atoms with Crippen molar-refractivity contribution in [3.8, 4) is 0 Å². The van der Waals surface area contributed by atoms with Crippen LogP contribution in [0.3, 0.4) is 0 Å². The Morgan fingerprint density at radius 2 is 2.06 bits per heavy atom. The van der Waals surface area contributed by atoms with Gasteiger partial charge < -0.3 is 10.6 Å². The maximum absolute atomic E-state index is 13.5. The molecule has 1 atom stereocenters. The summed E-state index contributed by atoms with van der Waals surface area (Å²) >= 11 is 0. The summed E-state index contributed by atoms with van der Waals surface area (Å²) in [6, 6.07) is 1.04. The molecule has 2 N–H and O–H groups in total. The van der Waals surface area contributed by atoms with Gasteiger partial charge in [-0.25, -0.2) is 13.8 Å². The smallest absolute Gasteiger partial charge is 0.168 e. The van der Waals surface area contributed by atoms with Crippen molar-refractivity contribution in [2.45, 2.75) is 25.8 Å². The molecule has 1 unspecified atom stereocenters. The normalized spacial score (nSPS) is 19.4. The van der Waals surface area contributed by atoms with Gasteiger partial charge in [0, 0.05) is 25.2 Å². The van der Waals surface area contributed by atoms with Crippen LogP contribution in [0.4, 0.5) is 14.6 Å². The molecule has 1 aliphatic heterocycles. The Kier molecular flexibility index (Phi) is 3.57. The first kappa shape index (κ1) is 12.2. The van der Waals surface area contributed by atoms with Gasteiger partial charge in [-0.3, -0.25) is 0 Å². The summed E-state index contributed by atoms with van der Waals surface area (Å²) in [6.07, 6.45) is 2.91. The van der Waals surface area contributed by atoms with Gasteiger partial charge in [-0.15, -0.1) is 0 Å². The molecule has 2 rings (SSSR count). The monoisotopic (exact) mass is 241 g/mol. The van der Waals surface area contributed by atoms with Crippen LogP contribution in [0.2, 0.25) is 0 Å². The Balaban J connectivity index is 2.05. The Hall–Kier alpha value is -1.23. The summed E-state index contributed by atoms with van der Waals surface area (Å²) in [5, 5.41) is 0. The van der Waals surface area contributed by atoms with Crippen molar-refractivity contribution < 1.29 is 8.78 Å². The molecule has 2 heterocycles. The molecule has 0 radical (unpaired) electrons. The van der Waals surface area contributed by atoms with E-state index in [-0.39, 0.29) is 11.9 Å². The highest BCUT2D eigenvalue weighted by molar-refractivity contribution is 5.40. The fraction of sp³-hybridized carbons (Fsp3) is 0.583. The maximum Gasteiger partial charge on any atom is 0.168 e. The van der Waals surface area contributed by atoms with Crippen LogP contribution in [0, 0.1) is 17.6 Å². The molecule has 0 amide bonds. The standard InChI is InChI=1S/C12H17F2N3/c1-8(15)9-2-4-17(5-3-9)12-11(14)6-10(13)7-16-12/h6-9H,2-5,15H2,1H3. The zero-order valence-electron chi connectivity index (χ0n) is 9.87. The number of halogens is 2. The van der Waals surface area contributed by atoms with E-state index in [9.17, 15) is 8.78 Å². The fourth-order valence-electron chi connectivity index (χ4n) is 2.28. The van der Waals surface area contributed by atoms with Gasteiger partial charge in [0.25, 0.3) is 0 Å². The second-order valence-electron chi connectivity index (χ2n) is 4.64. The van der Waals surface area contributed by atoms with Gasteiger partial charge in [0.2, 0.25) is 0 Å². The Labute approximate surface area is 99.6 Å². The van der Waals surface area contributed by atoms with Crippen LogP contribution in [-0.2, 0) is 0 Å². The zero-order valence-corrected chi connectivity index (χ0v) is 9.87. The average Bonchev–Trinajstić information content (AvgIpc) is 2.29. The van der Waals surface area contributed by atoms with Gasteiger partial charge >= 0.3 is 0 Å². The van der Waals surface area contributed by atoms with Crippen molar-refractivity contribution in [3.63, 3.8) is 0 Å². The SMILES string of the molecule is CC(N)C1CCN(c2ncc(F)cc2F)CC1. The van der Waals surface area contributed by atoms with Gasteiger partial charge in [-0.05, 0) is 25.7 Å². The summed E-state index contributed by atoms with van der Waals surface area (Å²) in [4.78, 5) is 5.67. The fourth-order valence-corrected chi connectivity index (χ4v) is 2.28.